The molecule has 5 heteroatoms. The normalized spacial score (nSPS) is 21.5. The largest absolute Gasteiger partial charge is 0.480 e. The van der Waals surface area contributed by atoms with Crippen molar-refractivity contribution < 1.29 is 14.7 Å². The lowest BCUT2D eigenvalue weighted by Gasteiger charge is -2.34. The maximum absolute atomic E-state index is 12.3. The molecule has 0 aromatic rings. The van der Waals surface area contributed by atoms with Gasteiger partial charge in [0.2, 0.25) is 5.91 Å². The van der Waals surface area contributed by atoms with Gasteiger partial charge < -0.3 is 15.7 Å². The van der Waals surface area contributed by atoms with E-state index in [0.717, 1.165) is 19.3 Å². The van der Waals surface area contributed by atoms with Gasteiger partial charge in [0.05, 0.1) is 0 Å². The number of hydrogen-bond donors (Lipinski definition) is 2. The van der Waals surface area contributed by atoms with Crippen LogP contribution < -0.4 is 5.73 Å². The number of hydrogen-bond acceptors (Lipinski definition) is 3. The number of carbonyl (C=O) groups is 2. The average Bonchev–Trinajstić information content (AvgIpc) is 2.37. The van der Waals surface area contributed by atoms with Crippen molar-refractivity contribution in [1.82, 2.24) is 4.90 Å². The van der Waals surface area contributed by atoms with E-state index in [1.165, 1.54) is 4.90 Å². The van der Waals surface area contributed by atoms with E-state index in [1.54, 1.807) is 0 Å². The Morgan fingerprint density at radius 3 is 2.58 bits per heavy atom. The van der Waals surface area contributed by atoms with Crippen LogP contribution in [0, 0.1) is 11.8 Å². The van der Waals surface area contributed by atoms with Crippen molar-refractivity contribution in [3.05, 3.63) is 0 Å². The average molecular weight is 270 g/mol. The monoisotopic (exact) mass is 270 g/mol. The van der Waals surface area contributed by atoms with Crippen LogP contribution in [0.2, 0.25) is 0 Å². The molecule has 0 unspecified atom stereocenters. The molecule has 1 fully saturated rings. The first-order chi connectivity index (χ1) is 8.95. The molecule has 0 radical (unpaired) electrons. The zero-order valence-electron chi connectivity index (χ0n) is 12.0. The van der Waals surface area contributed by atoms with Crippen molar-refractivity contribution in [1.29, 1.82) is 0 Å². The molecule has 5 nitrogen and oxygen atoms in total. The molecule has 0 aromatic carbocycles. The summed E-state index contributed by atoms with van der Waals surface area (Å²) in [4.78, 5) is 25.0. The molecule has 110 valence electrons. The highest BCUT2D eigenvalue weighted by Gasteiger charge is 2.32. The fraction of sp³-hybridized carbons (Fsp3) is 0.857. The van der Waals surface area contributed by atoms with E-state index in [2.05, 4.69) is 13.8 Å². The maximum atomic E-state index is 12.3. The first-order valence-corrected chi connectivity index (χ1v) is 7.18. The second-order valence-electron chi connectivity index (χ2n) is 5.87. The summed E-state index contributed by atoms with van der Waals surface area (Å²) in [6.07, 6.45) is 3.63. The van der Waals surface area contributed by atoms with Crippen LogP contribution in [0.15, 0.2) is 0 Å². The van der Waals surface area contributed by atoms with Gasteiger partial charge in [-0.15, -0.1) is 0 Å². The van der Waals surface area contributed by atoms with Crippen LogP contribution in [0.25, 0.3) is 0 Å². The van der Waals surface area contributed by atoms with Gasteiger partial charge >= 0.3 is 5.97 Å². The van der Waals surface area contributed by atoms with Gasteiger partial charge in [-0.3, -0.25) is 4.79 Å². The van der Waals surface area contributed by atoms with Gasteiger partial charge in [-0.05, 0) is 44.1 Å². The highest BCUT2D eigenvalue weighted by atomic mass is 16.4. The fourth-order valence-corrected chi connectivity index (χ4v) is 2.78. The minimum absolute atomic E-state index is 0.0526. The third kappa shape index (κ3) is 4.82. The predicted octanol–water partition coefficient (Wildman–Crippen LogP) is 1.46. The van der Waals surface area contributed by atoms with Crippen molar-refractivity contribution in [3.8, 4) is 0 Å². The van der Waals surface area contributed by atoms with Crippen LogP contribution in [0.4, 0.5) is 0 Å². The summed E-state index contributed by atoms with van der Waals surface area (Å²) >= 11 is 0. The van der Waals surface area contributed by atoms with E-state index in [-0.39, 0.29) is 11.8 Å². The van der Waals surface area contributed by atoms with Crippen molar-refractivity contribution in [2.75, 3.05) is 13.1 Å². The third-order valence-corrected chi connectivity index (χ3v) is 3.71. The number of likely N-dealkylation sites (tertiary alicyclic amines) is 1. The van der Waals surface area contributed by atoms with Crippen LogP contribution in [0.5, 0.6) is 0 Å². The highest BCUT2D eigenvalue weighted by Crippen LogP contribution is 2.21. The Bertz CT molecular complexity index is 318. The number of carboxylic acids is 1. The number of rotatable bonds is 6. The lowest BCUT2D eigenvalue weighted by molar-refractivity contribution is -0.152. The van der Waals surface area contributed by atoms with Gasteiger partial charge in [-0.2, -0.15) is 0 Å². The van der Waals surface area contributed by atoms with E-state index in [4.69, 9.17) is 5.73 Å². The molecule has 0 bridgehead atoms. The highest BCUT2D eigenvalue weighted by molar-refractivity contribution is 5.84. The molecule has 3 N–H and O–H groups in total. The zero-order chi connectivity index (χ0) is 14.4. The Hall–Kier alpha value is -1.10. The number of aliphatic carboxylic acids is 1. The first kappa shape index (κ1) is 16.0. The maximum Gasteiger partial charge on any atom is 0.326 e. The van der Waals surface area contributed by atoms with Crippen LogP contribution >= 0.6 is 0 Å². The number of nitrogens with two attached hydrogens (primary N) is 1. The molecule has 1 aliphatic rings. The summed E-state index contributed by atoms with van der Waals surface area (Å²) in [6, 6.07) is -0.640. The summed E-state index contributed by atoms with van der Waals surface area (Å²) < 4.78 is 0. The second-order valence-corrected chi connectivity index (χ2v) is 5.87. The topological polar surface area (TPSA) is 83.6 Å². The van der Waals surface area contributed by atoms with Gasteiger partial charge in [0.15, 0.2) is 0 Å². The molecule has 0 spiro atoms. The van der Waals surface area contributed by atoms with Crippen LogP contribution in [0.3, 0.4) is 0 Å². The molecule has 1 heterocycles. The van der Waals surface area contributed by atoms with Crippen molar-refractivity contribution >= 4 is 11.9 Å². The Morgan fingerprint density at radius 1 is 1.37 bits per heavy atom. The van der Waals surface area contributed by atoms with Crippen molar-refractivity contribution in [2.45, 2.75) is 52.0 Å². The number of amides is 1. The van der Waals surface area contributed by atoms with Crippen molar-refractivity contribution in [3.63, 3.8) is 0 Å². The predicted molar refractivity (Wildman–Crippen MR) is 73.6 cm³/mol. The lowest BCUT2D eigenvalue weighted by atomic mass is 9.92. The number of nitrogens with zero attached hydrogens (tertiary/aromatic N) is 1. The van der Waals surface area contributed by atoms with E-state index in [0.29, 0.717) is 31.8 Å². The van der Waals surface area contributed by atoms with E-state index < -0.39 is 12.0 Å². The smallest absolute Gasteiger partial charge is 0.326 e. The van der Waals surface area contributed by atoms with E-state index in [9.17, 15) is 14.7 Å². The Morgan fingerprint density at radius 2 is 2.05 bits per heavy atom. The summed E-state index contributed by atoms with van der Waals surface area (Å²) in [7, 11) is 0. The van der Waals surface area contributed by atoms with Gasteiger partial charge in [0.1, 0.15) is 6.04 Å². The van der Waals surface area contributed by atoms with Crippen LogP contribution in [-0.4, -0.2) is 41.0 Å². The number of carbonyl (C=O) groups excluding carboxylic acids is 1. The van der Waals surface area contributed by atoms with Gasteiger partial charge in [-0.1, -0.05) is 13.8 Å². The minimum atomic E-state index is -0.888. The molecule has 1 saturated heterocycles. The van der Waals surface area contributed by atoms with E-state index in [1.807, 2.05) is 0 Å². The molecule has 0 aliphatic carbocycles. The van der Waals surface area contributed by atoms with E-state index >= 15 is 0 Å². The number of piperidine rings is 1. The first-order valence-electron chi connectivity index (χ1n) is 7.18. The molecule has 2 atom stereocenters. The molecule has 0 aromatic heterocycles. The molecule has 1 amide bonds. The lowest BCUT2D eigenvalue weighted by Crippen LogP contribution is -2.48. The summed E-state index contributed by atoms with van der Waals surface area (Å²) in [5.41, 5.74) is 5.71. The summed E-state index contributed by atoms with van der Waals surface area (Å²) in [6.45, 7) is 5.26. The van der Waals surface area contributed by atoms with Crippen molar-refractivity contribution in [2.24, 2.45) is 17.6 Å². The van der Waals surface area contributed by atoms with Gasteiger partial charge in [0, 0.05) is 13.0 Å². The standard InChI is InChI=1S/C14H26N2O3/c1-10(2)7-11(9-15)8-13(17)16-6-4-3-5-12(16)14(18)19/h10-12H,3-9,15H2,1-2H3,(H,18,19)/t11-,12+/m0/s1. The zero-order valence-corrected chi connectivity index (χ0v) is 12.0. The SMILES string of the molecule is CC(C)C[C@H](CN)CC(=O)N1CCCC[C@@H]1C(=O)O. The van der Waals surface area contributed by atoms with Gasteiger partial charge in [0.25, 0.3) is 0 Å². The summed E-state index contributed by atoms with van der Waals surface area (Å²) in [5, 5.41) is 9.18. The second kappa shape index (κ2) is 7.48. The molecule has 0 saturated carbocycles. The quantitative estimate of drug-likeness (QED) is 0.765. The molecule has 1 aliphatic heterocycles. The molecular weight excluding hydrogens is 244 g/mol. The summed E-state index contributed by atoms with van der Waals surface area (Å²) in [5.74, 6) is -0.286. The Balaban J connectivity index is 2.61. The molecule has 1 rings (SSSR count). The fourth-order valence-electron chi connectivity index (χ4n) is 2.78. The van der Waals surface area contributed by atoms with Gasteiger partial charge in [-0.25, -0.2) is 4.79 Å². The minimum Gasteiger partial charge on any atom is -0.480 e. The van der Waals surface area contributed by atoms with Crippen LogP contribution in [0.1, 0.15) is 46.0 Å². The van der Waals surface area contributed by atoms with Crippen LogP contribution in [-0.2, 0) is 9.59 Å². The molecule has 19 heavy (non-hydrogen) atoms. The third-order valence-electron chi connectivity index (χ3n) is 3.71. The Kier molecular flexibility index (Phi) is 6.28. The molecular formula is C14H26N2O3. The number of carboxylic acid groups (broad SMARTS) is 1. The Labute approximate surface area is 115 Å².